The van der Waals surface area contributed by atoms with Crippen molar-refractivity contribution >= 4 is 21.6 Å². The van der Waals surface area contributed by atoms with Gasteiger partial charge in [0.25, 0.3) is 15.9 Å². The summed E-state index contributed by atoms with van der Waals surface area (Å²) in [4.78, 5) is 13.1. The molecule has 9 heteroatoms. The molecule has 190 valence electrons. The minimum absolute atomic E-state index is 0.0960. The second-order valence-electron chi connectivity index (χ2n) is 8.75. The van der Waals surface area contributed by atoms with Crippen molar-refractivity contribution in [2.45, 2.75) is 31.8 Å². The molecule has 1 aliphatic heterocycles. The van der Waals surface area contributed by atoms with Gasteiger partial charge in [-0.25, -0.2) is 8.42 Å². The molecule has 3 aromatic carbocycles. The van der Waals surface area contributed by atoms with E-state index in [9.17, 15) is 13.2 Å². The molecule has 1 aliphatic rings. The van der Waals surface area contributed by atoms with Crippen molar-refractivity contribution in [3.63, 3.8) is 0 Å². The fourth-order valence-electron chi connectivity index (χ4n) is 4.07. The Bertz CT molecular complexity index is 1330. The second kappa shape index (κ2) is 10.5. The van der Waals surface area contributed by atoms with Crippen LogP contribution in [0.25, 0.3) is 0 Å². The molecule has 0 fully saturated rings. The van der Waals surface area contributed by atoms with Gasteiger partial charge in [0.05, 0.1) is 30.8 Å². The monoisotopic (exact) mass is 510 g/mol. The Labute approximate surface area is 211 Å². The van der Waals surface area contributed by atoms with Crippen LogP contribution in [-0.2, 0) is 14.8 Å². The number of hydrogen-bond donors (Lipinski definition) is 1. The fraction of sp³-hybridized carbons (Fsp3) is 0.296. The van der Waals surface area contributed by atoms with Gasteiger partial charge in [-0.05, 0) is 86.0 Å². The van der Waals surface area contributed by atoms with Crippen LogP contribution in [0.3, 0.4) is 0 Å². The van der Waals surface area contributed by atoms with Gasteiger partial charge in [-0.2, -0.15) is 0 Å². The number of aryl methyl sites for hydroxylation is 3. The number of carbonyl (C=O) groups excluding carboxylic acids is 1. The van der Waals surface area contributed by atoms with Crippen molar-refractivity contribution < 1.29 is 27.4 Å². The van der Waals surface area contributed by atoms with Crippen LogP contribution in [0.1, 0.15) is 16.7 Å². The molecule has 1 atom stereocenters. The predicted molar refractivity (Wildman–Crippen MR) is 138 cm³/mol. The second-order valence-corrected chi connectivity index (χ2v) is 10.6. The lowest BCUT2D eigenvalue weighted by molar-refractivity contribution is -0.127. The highest BCUT2D eigenvalue weighted by Crippen LogP contribution is 2.38. The van der Waals surface area contributed by atoms with Crippen molar-refractivity contribution in [3.8, 4) is 17.2 Å². The van der Waals surface area contributed by atoms with E-state index in [1.165, 1.54) is 23.5 Å². The summed E-state index contributed by atoms with van der Waals surface area (Å²) in [6.07, 6.45) is -1.02. The third-order valence-electron chi connectivity index (χ3n) is 5.79. The zero-order valence-corrected chi connectivity index (χ0v) is 21.6. The number of nitrogens with zero attached hydrogens (tertiary/aromatic N) is 1. The number of anilines is 1. The SMILES string of the molecule is COc1ccc(S(=O)(=O)N2C[C@H](C(=O)NCCOc3cc(C)cc(C)c3)Oc3ccc(C)cc32)cc1. The minimum Gasteiger partial charge on any atom is -0.497 e. The Morgan fingerprint density at radius 2 is 1.67 bits per heavy atom. The maximum absolute atomic E-state index is 13.6. The van der Waals surface area contributed by atoms with Crippen LogP contribution < -0.4 is 23.8 Å². The summed E-state index contributed by atoms with van der Waals surface area (Å²) in [6, 6.07) is 17.3. The van der Waals surface area contributed by atoms with E-state index in [1.807, 2.05) is 39.0 Å². The van der Waals surface area contributed by atoms with Gasteiger partial charge in [0.15, 0.2) is 6.10 Å². The van der Waals surface area contributed by atoms with Gasteiger partial charge in [0.1, 0.15) is 23.9 Å². The van der Waals surface area contributed by atoms with Crippen LogP contribution in [0, 0.1) is 20.8 Å². The first-order valence-corrected chi connectivity index (χ1v) is 13.0. The van der Waals surface area contributed by atoms with E-state index in [0.717, 1.165) is 22.4 Å². The average Bonchev–Trinajstić information content (AvgIpc) is 2.85. The number of sulfonamides is 1. The molecule has 8 nitrogen and oxygen atoms in total. The number of ether oxygens (including phenoxy) is 3. The topological polar surface area (TPSA) is 94.2 Å². The number of amides is 1. The van der Waals surface area contributed by atoms with E-state index < -0.39 is 22.0 Å². The van der Waals surface area contributed by atoms with Gasteiger partial charge in [-0.1, -0.05) is 12.1 Å². The highest BCUT2D eigenvalue weighted by Gasteiger charge is 2.37. The quantitative estimate of drug-likeness (QED) is 0.464. The number of hydrogen-bond acceptors (Lipinski definition) is 6. The minimum atomic E-state index is -3.96. The van der Waals surface area contributed by atoms with Crippen LogP contribution in [0.15, 0.2) is 65.6 Å². The van der Waals surface area contributed by atoms with Gasteiger partial charge in [-0.3, -0.25) is 9.10 Å². The molecule has 0 aromatic heterocycles. The molecule has 4 rings (SSSR count). The standard InChI is InChI=1S/C27H30N2O6S/c1-18-5-10-25-24(16-18)29(36(31,32)23-8-6-21(33-4)7-9-23)17-26(35-25)27(30)28-11-12-34-22-14-19(2)13-20(3)15-22/h5-10,13-16,26H,11-12,17H2,1-4H3,(H,28,30)/t26-/m1/s1. The van der Waals surface area contributed by atoms with Crippen molar-refractivity contribution in [2.24, 2.45) is 0 Å². The highest BCUT2D eigenvalue weighted by molar-refractivity contribution is 7.92. The van der Waals surface area contributed by atoms with E-state index >= 15 is 0 Å². The molecule has 0 spiro atoms. The first-order valence-electron chi connectivity index (χ1n) is 11.6. The summed E-state index contributed by atoms with van der Waals surface area (Å²) in [5, 5.41) is 2.79. The van der Waals surface area contributed by atoms with Crippen molar-refractivity contribution in [2.75, 3.05) is 31.1 Å². The lowest BCUT2D eigenvalue weighted by atomic mass is 10.1. The molecule has 0 saturated carbocycles. The lowest BCUT2D eigenvalue weighted by Crippen LogP contribution is -2.51. The molecule has 0 unspecified atom stereocenters. The van der Waals surface area contributed by atoms with Crippen LogP contribution in [0.5, 0.6) is 17.2 Å². The van der Waals surface area contributed by atoms with Gasteiger partial charge >= 0.3 is 0 Å². The van der Waals surface area contributed by atoms with Crippen molar-refractivity contribution in [1.29, 1.82) is 0 Å². The number of rotatable bonds is 8. The fourth-order valence-corrected chi connectivity index (χ4v) is 5.54. The number of benzene rings is 3. The predicted octanol–water partition coefficient (Wildman–Crippen LogP) is 3.77. The summed E-state index contributed by atoms with van der Waals surface area (Å²) in [7, 11) is -2.45. The van der Waals surface area contributed by atoms with Crippen LogP contribution in [0.4, 0.5) is 5.69 Å². The number of nitrogens with one attached hydrogen (secondary N) is 1. The van der Waals surface area contributed by atoms with Crippen LogP contribution in [0.2, 0.25) is 0 Å². The van der Waals surface area contributed by atoms with E-state index in [0.29, 0.717) is 17.2 Å². The van der Waals surface area contributed by atoms with Gasteiger partial charge in [-0.15, -0.1) is 0 Å². The third kappa shape index (κ3) is 5.57. The maximum Gasteiger partial charge on any atom is 0.264 e. The van der Waals surface area contributed by atoms with E-state index in [4.69, 9.17) is 14.2 Å². The molecular weight excluding hydrogens is 480 g/mol. The Balaban J connectivity index is 1.49. The largest absolute Gasteiger partial charge is 0.497 e. The number of methoxy groups -OCH3 is 1. The summed E-state index contributed by atoms with van der Waals surface area (Å²) in [5.74, 6) is 1.19. The molecule has 1 amide bonds. The van der Waals surface area contributed by atoms with Gasteiger partial charge in [0, 0.05) is 0 Å². The summed E-state index contributed by atoms with van der Waals surface area (Å²) < 4.78 is 45.2. The average molecular weight is 511 g/mol. The Hall–Kier alpha value is -3.72. The normalized spacial score (nSPS) is 15.0. The molecule has 1 N–H and O–H groups in total. The first-order chi connectivity index (χ1) is 17.2. The zero-order chi connectivity index (χ0) is 25.9. The van der Waals surface area contributed by atoms with E-state index in [-0.39, 0.29) is 24.6 Å². The zero-order valence-electron chi connectivity index (χ0n) is 20.8. The molecule has 3 aromatic rings. The number of fused-ring (bicyclic) bond motifs is 1. The van der Waals surface area contributed by atoms with Crippen molar-refractivity contribution in [3.05, 3.63) is 77.4 Å². The summed E-state index contributed by atoms with van der Waals surface area (Å²) in [5.41, 5.74) is 3.46. The molecule has 0 radical (unpaired) electrons. The van der Waals surface area contributed by atoms with Crippen molar-refractivity contribution in [1.82, 2.24) is 5.32 Å². The van der Waals surface area contributed by atoms with Crippen LogP contribution >= 0.6 is 0 Å². The number of carbonyl (C=O) groups is 1. The molecular formula is C27H30N2O6S. The van der Waals surface area contributed by atoms with Gasteiger partial charge in [0.2, 0.25) is 0 Å². The molecule has 36 heavy (non-hydrogen) atoms. The Morgan fingerprint density at radius 1 is 0.972 bits per heavy atom. The van der Waals surface area contributed by atoms with Crippen LogP contribution in [-0.4, -0.2) is 47.2 Å². The summed E-state index contributed by atoms with van der Waals surface area (Å²) in [6.45, 7) is 6.21. The Kier molecular flexibility index (Phi) is 7.40. The first kappa shape index (κ1) is 25.4. The smallest absolute Gasteiger partial charge is 0.264 e. The molecule has 0 bridgehead atoms. The highest BCUT2D eigenvalue weighted by atomic mass is 32.2. The summed E-state index contributed by atoms with van der Waals surface area (Å²) >= 11 is 0. The van der Waals surface area contributed by atoms with E-state index in [1.54, 1.807) is 24.3 Å². The molecule has 1 heterocycles. The molecule has 0 aliphatic carbocycles. The Morgan fingerprint density at radius 3 is 2.33 bits per heavy atom. The van der Waals surface area contributed by atoms with Gasteiger partial charge < -0.3 is 19.5 Å². The van der Waals surface area contributed by atoms with E-state index in [2.05, 4.69) is 11.4 Å². The molecule has 0 saturated heterocycles. The third-order valence-corrected chi connectivity index (χ3v) is 7.58. The maximum atomic E-state index is 13.6. The lowest BCUT2D eigenvalue weighted by Gasteiger charge is -2.35.